The fourth-order valence-corrected chi connectivity index (χ4v) is 1.81. The molecule has 0 saturated heterocycles. The highest BCUT2D eigenvalue weighted by molar-refractivity contribution is 7.98. The molecule has 1 rings (SSSR count). The van der Waals surface area contributed by atoms with Crippen molar-refractivity contribution in [3.63, 3.8) is 0 Å². The molecule has 0 bridgehead atoms. The standard InChI is InChI=1S/C9H19N3S/c1-13-7-6-12(8-2-3-8)5-4-9(10)11/h8H,2-7H2,1H3,(H3,10,11). The Morgan fingerprint density at radius 3 is 2.69 bits per heavy atom. The Bertz CT molecular complexity index is 168. The van der Waals surface area contributed by atoms with Crippen LogP contribution < -0.4 is 5.73 Å². The molecule has 1 fully saturated rings. The Labute approximate surface area is 84.6 Å². The van der Waals surface area contributed by atoms with Gasteiger partial charge in [0.25, 0.3) is 0 Å². The third-order valence-electron chi connectivity index (χ3n) is 2.31. The Balaban J connectivity index is 2.17. The molecule has 0 spiro atoms. The van der Waals surface area contributed by atoms with E-state index in [0.717, 1.165) is 25.6 Å². The van der Waals surface area contributed by atoms with Crippen molar-refractivity contribution in [3.8, 4) is 0 Å². The molecule has 0 amide bonds. The van der Waals surface area contributed by atoms with E-state index in [-0.39, 0.29) is 0 Å². The first-order chi connectivity index (χ1) is 6.24. The number of nitrogens with zero attached hydrogens (tertiary/aromatic N) is 1. The van der Waals surface area contributed by atoms with Gasteiger partial charge >= 0.3 is 0 Å². The maximum atomic E-state index is 7.17. The molecule has 3 N–H and O–H groups in total. The van der Waals surface area contributed by atoms with Gasteiger partial charge in [-0.25, -0.2) is 0 Å². The summed E-state index contributed by atoms with van der Waals surface area (Å²) in [5.74, 6) is 1.50. The smallest absolute Gasteiger partial charge is 0.0918 e. The summed E-state index contributed by atoms with van der Waals surface area (Å²) in [6, 6.07) is 0.798. The number of hydrogen-bond donors (Lipinski definition) is 2. The molecular weight excluding hydrogens is 182 g/mol. The van der Waals surface area contributed by atoms with E-state index in [2.05, 4.69) is 11.2 Å². The van der Waals surface area contributed by atoms with Crippen LogP contribution in [0.3, 0.4) is 0 Å². The lowest BCUT2D eigenvalue weighted by Gasteiger charge is -2.20. The van der Waals surface area contributed by atoms with Crippen molar-refractivity contribution >= 4 is 17.6 Å². The second-order valence-electron chi connectivity index (χ2n) is 3.54. The monoisotopic (exact) mass is 201 g/mol. The van der Waals surface area contributed by atoms with E-state index in [1.54, 1.807) is 0 Å². The number of rotatable bonds is 7. The summed E-state index contributed by atoms with van der Waals surface area (Å²) in [7, 11) is 0. The summed E-state index contributed by atoms with van der Waals surface area (Å²) < 4.78 is 0. The van der Waals surface area contributed by atoms with E-state index in [1.807, 2.05) is 11.8 Å². The van der Waals surface area contributed by atoms with Gasteiger partial charge in [0, 0.05) is 31.3 Å². The van der Waals surface area contributed by atoms with Gasteiger partial charge in [-0.05, 0) is 19.1 Å². The molecule has 1 saturated carbocycles. The van der Waals surface area contributed by atoms with E-state index in [0.29, 0.717) is 5.84 Å². The minimum absolute atomic E-state index is 0.315. The first-order valence-corrected chi connectivity index (χ1v) is 6.19. The van der Waals surface area contributed by atoms with Gasteiger partial charge in [0.2, 0.25) is 0 Å². The van der Waals surface area contributed by atoms with Crippen molar-refractivity contribution in [2.75, 3.05) is 25.1 Å². The lowest BCUT2D eigenvalue weighted by atomic mass is 10.3. The SMILES string of the molecule is CSCCN(CCC(=N)N)C1CC1. The molecule has 0 aromatic carbocycles. The number of hydrogen-bond acceptors (Lipinski definition) is 3. The van der Waals surface area contributed by atoms with Gasteiger partial charge in [-0.2, -0.15) is 11.8 Å². The average Bonchev–Trinajstić information content (AvgIpc) is 2.87. The molecule has 13 heavy (non-hydrogen) atoms. The molecule has 0 aromatic heterocycles. The largest absolute Gasteiger partial charge is 0.388 e. The molecule has 0 aliphatic heterocycles. The van der Waals surface area contributed by atoms with Gasteiger partial charge in [0.05, 0.1) is 5.84 Å². The second kappa shape index (κ2) is 5.50. The Morgan fingerprint density at radius 1 is 1.54 bits per heavy atom. The first-order valence-electron chi connectivity index (χ1n) is 4.80. The van der Waals surface area contributed by atoms with Gasteiger partial charge in [0.1, 0.15) is 0 Å². The zero-order valence-corrected chi connectivity index (χ0v) is 9.07. The third kappa shape index (κ3) is 4.52. The molecule has 4 heteroatoms. The van der Waals surface area contributed by atoms with E-state index >= 15 is 0 Å². The highest BCUT2D eigenvalue weighted by Crippen LogP contribution is 2.26. The third-order valence-corrected chi connectivity index (χ3v) is 2.91. The van der Waals surface area contributed by atoms with Gasteiger partial charge in [0.15, 0.2) is 0 Å². The van der Waals surface area contributed by atoms with Gasteiger partial charge in [-0.15, -0.1) is 0 Å². The van der Waals surface area contributed by atoms with Gasteiger partial charge in [-0.3, -0.25) is 10.3 Å². The summed E-state index contributed by atoms with van der Waals surface area (Å²) >= 11 is 1.88. The predicted molar refractivity (Wildman–Crippen MR) is 59.5 cm³/mol. The van der Waals surface area contributed by atoms with Crippen LogP contribution in [0.5, 0.6) is 0 Å². The molecule has 1 aliphatic carbocycles. The van der Waals surface area contributed by atoms with Crippen LogP contribution in [0.15, 0.2) is 0 Å². The van der Waals surface area contributed by atoms with Gasteiger partial charge in [-0.1, -0.05) is 0 Å². The average molecular weight is 201 g/mol. The number of nitrogens with two attached hydrogens (primary N) is 1. The van der Waals surface area contributed by atoms with Crippen LogP contribution in [0.1, 0.15) is 19.3 Å². The van der Waals surface area contributed by atoms with Crippen molar-refractivity contribution in [1.29, 1.82) is 5.41 Å². The Kier molecular flexibility index (Phi) is 4.59. The summed E-state index contributed by atoms with van der Waals surface area (Å²) in [5, 5.41) is 7.17. The van der Waals surface area contributed by atoms with Crippen molar-refractivity contribution in [3.05, 3.63) is 0 Å². The molecule has 1 aliphatic rings. The zero-order valence-electron chi connectivity index (χ0n) is 8.25. The first kappa shape index (κ1) is 10.9. The second-order valence-corrected chi connectivity index (χ2v) is 4.52. The molecule has 0 unspecified atom stereocenters. The quantitative estimate of drug-likeness (QED) is 0.480. The summed E-state index contributed by atoms with van der Waals surface area (Å²) in [5.41, 5.74) is 5.34. The Hall–Kier alpha value is -0.220. The highest BCUT2D eigenvalue weighted by Gasteiger charge is 2.27. The summed E-state index contributed by atoms with van der Waals surface area (Å²) in [6.07, 6.45) is 5.54. The van der Waals surface area contributed by atoms with Crippen LogP contribution >= 0.6 is 11.8 Å². The van der Waals surface area contributed by atoms with Crippen LogP contribution in [-0.2, 0) is 0 Å². The maximum absolute atomic E-state index is 7.17. The van der Waals surface area contributed by atoms with Crippen LogP contribution in [0, 0.1) is 5.41 Å². The molecule has 3 nitrogen and oxygen atoms in total. The summed E-state index contributed by atoms with van der Waals surface area (Å²) in [6.45, 7) is 2.12. The van der Waals surface area contributed by atoms with Crippen LogP contribution in [0.2, 0.25) is 0 Å². The van der Waals surface area contributed by atoms with Crippen molar-refractivity contribution in [1.82, 2.24) is 4.90 Å². The Morgan fingerprint density at radius 2 is 2.23 bits per heavy atom. The fraction of sp³-hybridized carbons (Fsp3) is 0.889. The van der Waals surface area contributed by atoms with Crippen LogP contribution in [0.4, 0.5) is 0 Å². The van der Waals surface area contributed by atoms with Crippen molar-refractivity contribution in [2.24, 2.45) is 5.73 Å². The minimum Gasteiger partial charge on any atom is -0.388 e. The van der Waals surface area contributed by atoms with Crippen LogP contribution in [0.25, 0.3) is 0 Å². The fourth-order valence-electron chi connectivity index (χ4n) is 1.39. The minimum atomic E-state index is 0.315. The highest BCUT2D eigenvalue weighted by atomic mass is 32.2. The van der Waals surface area contributed by atoms with Crippen molar-refractivity contribution in [2.45, 2.75) is 25.3 Å². The van der Waals surface area contributed by atoms with E-state index in [9.17, 15) is 0 Å². The lowest BCUT2D eigenvalue weighted by Crippen LogP contribution is -2.31. The lowest BCUT2D eigenvalue weighted by molar-refractivity contribution is 0.288. The van der Waals surface area contributed by atoms with Crippen LogP contribution in [-0.4, -0.2) is 41.9 Å². The molecule has 0 heterocycles. The maximum Gasteiger partial charge on any atom is 0.0918 e. The molecule has 0 aromatic rings. The van der Waals surface area contributed by atoms with E-state index < -0.39 is 0 Å². The van der Waals surface area contributed by atoms with E-state index in [1.165, 1.54) is 18.6 Å². The predicted octanol–water partition coefficient (Wildman–Crippen LogP) is 1.14. The molecule has 76 valence electrons. The van der Waals surface area contributed by atoms with E-state index in [4.69, 9.17) is 11.1 Å². The number of nitrogens with one attached hydrogen (secondary N) is 1. The number of thioether (sulfide) groups is 1. The summed E-state index contributed by atoms with van der Waals surface area (Å²) in [4.78, 5) is 2.47. The number of amidine groups is 1. The normalized spacial score (nSPS) is 16.5. The topological polar surface area (TPSA) is 53.1 Å². The molecule has 0 radical (unpaired) electrons. The van der Waals surface area contributed by atoms with Gasteiger partial charge < -0.3 is 5.73 Å². The van der Waals surface area contributed by atoms with Crippen molar-refractivity contribution < 1.29 is 0 Å². The molecule has 0 atom stereocenters. The molecular formula is C9H19N3S. The zero-order chi connectivity index (χ0) is 9.68.